The van der Waals surface area contributed by atoms with Gasteiger partial charge in [-0.15, -0.1) is 0 Å². The van der Waals surface area contributed by atoms with Gasteiger partial charge in [0.25, 0.3) is 21.8 Å². The standard InChI is InChI=1S/C18H22N2O6S/c1-10(2)20-17(22)14-5-4-12(7-15(14)27(20,25)26)16(21)19-8-11(3)6-13(9-19)18(23)24/h4-5,7,10-11,13H,6,8-9H2,1-3H3,(H,23,24). The first-order valence-corrected chi connectivity index (χ1v) is 10.2. The number of aliphatic carboxylic acids is 1. The van der Waals surface area contributed by atoms with Gasteiger partial charge in [-0.25, -0.2) is 12.7 Å². The third kappa shape index (κ3) is 3.20. The Hall–Kier alpha value is -2.42. The number of sulfonamides is 1. The van der Waals surface area contributed by atoms with Gasteiger partial charge in [0.05, 0.1) is 11.5 Å². The molecule has 27 heavy (non-hydrogen) atoms. The Balaban J connectivity index is 1.95. The summed E-state index contributed by atoms with van der Waals surface area (Å²) in [5, 5.41) is 9.27. The lowest BCUT2D eigenvalue weighted by Crippen LogP contribution is -2.45. The lowest BCUT2D eigenvalue weighted by molar-refractivity contribution is -0.143. The molecular formula is C18H22N2O6S. The van der Waals surface area contributed by atoms with Crippen LogP contribution in [0.25, 0.3) is 0 Å². The summed E-state index contributed by atoms with van der Waals surface area (Å²) in [5.74, 6) is -2.60. The number of hydrogen-bond donors (Lipinski definition) is 1. The predicted molar refractivity (Wildman–Crippen MR) is 95.7 cm³/mol. The smallest absolute Gasteiger partial charge is 0.308 e. The number of carbonyl (C=O) groups excluding carboxylic acids is 2. The van der Waals surface area contributed by atoms with Crippen LogP contribution in [-0.4, -0.2) is 59.6 Å². The quantitative estimate of drug-likeness (QED) is 0.830. The summed E-state index contributed by atoms with van der Waals surface area (Å²) in [6.07, 6.45) is 0.496. The highest BCUT2D eigenvalue weighted by atomic mass is 32.2. The molecule has 8 nitrogen and oxygen atoms in total. The Morgan fingerprint density at radius 3 is 2.48 bits per heavy atom. The average molecular weight is 394 g/mol. The minimum absolute atomic E-state index is 0.0278. The summed E-state index contributed by atoms with van der Waals surface area (Å²) >= 11 is 0. The van der Waals surface area contributed by atoms with Crippen LogP contribution in [0.5, 0.6) is 0 Å². The zero-order valence-electron chi connectivity index (χ0n) is 15.4. The van der Waals surface area contributed by atoms with Crippen LogP contribution in [0, 0.1) is 11.8 Å². The largest absolute Gasteiger partial charge is 0.481 e. The molecule has 1 fully saturated rings. The van der Waals surface area contributed by atoms with Gasteiger partial charge in [-0.05, 0) is 44.4 Å². The molecule has 1 N–H and O–H groups in total. The van der Waals surface area contributed by atoms with Gasteiger partial charge >= 0.3 is 5.97 Å². The van der Waals surface area contributed by atoms with Crippen molar-refractivity contribution < 1.29 is 27.9 Å². The van der Waals surface area contributed by atoms with Gasteiger partial charge in [-0.1, -0.05) is 6.92 Å². The summed E-state index contributed by atoms with van der Waals surface area (Å²) in [4.78, 5) is 37.8. The third-order valence-electron chi connectivity index (χ3n) is 4.96. The number of nitrogens with zero attached hydrogens (tertiary/aromatic N) is 2. The molecule has 2 heterocycles. The van der Waals surface area contributed by atoms with Crippen molar-refractivity contribution in [3.8, 4) is 0 Å². The first kappa shape index (κ1) is 19.3. The third-order valence-corrected chi connectivity index (χ3v) is 6.96. The number of carboxylic acids is 1. The molecule has 2 unspecified atom stereocenters. The summed E-state index contributed by atoms with van der Waals surface area (Å²) in [5.41, 5.74) is 0.185. The fourth-order valence-electron chi connectivity index (χ4n) is 3.77. The van der Waals surface area contributed by atoms with Crippen LogP contribution in [0.3, 0.4) is 0 Å². The van der Waals surface area contributed by atoms with Gasteiger partial charge in [0, 0.05) is 24.7 Å². The van der Waals surface area contributed by atoms with Crippen LogP contribution in [0.4, 0.5) is 0 Å². The summed E-state index contributed by atoms with van der Waals surface area (Å²) in [6, 6.07) is 3.47. The maximum absolute atomic E-state index is 12.9. The number of amides is 2. The minimum Gasteiger partial charge on any atom is -0.481 e. The summed E-state index contributed by atoms with van der Waals surface area (Å²) in [7, 11) is -4.00. The molecular weight excluding hydrogens is 372 g/mol. The molecule has 2 aliphatic heterocycles. The molecule has 0 radical (unpaired) electrons. The Kier molecular flexibility index (Phi) is 4.75. The molecule has 2 aliphatic rings. The first-order valence-electron chi connectivity index (χ1n) is 8.79. The number of hydrogen-bond acceptors (Lipinski definition) is 5. The van der Waals surface area contributed by atoms with E-state index in [9.17, 15) is 27.9 Å². The van der Waals surface area contributed by atoms with Crippen molar-refractivity contribution in [3.63, 3.8) is 0 Å². The monoisotopic (exact) mass is 394 g/mol. The van der Waals surface area contributed by atoms with Crippen LogP contribution >= 0.6 is 0 Å². The van der Waals surface area contributed by atoms with E-state index < -0.39 is 39.8 Å². The Bertz CT molecular complexity index is 924. The fourth-order valence-corrected chi connectivity index (χ4v) is 5.56. The molecule has 1 aromatic carbocycles. The number of likely N-dealkylation sites (tertiary alicyclic amines) is 1. The van der Waals surface area contributed by atoms with Crippen molar-refractivity contribution in [2.45, 2.75) is 38.1 Å². The molecule has 0 aromatic heterocycles. The number of piperidine rings is 1. The number of benzene rings is 1. The number of carbonyl (C=O) groups is 3. The SMILES string of the molecule is CC1CC(C(=O)O)CN(C(=O)c2ccc3c(c2)S(=O)(=O)N(C(C)C)C3=O)C1. The summed E-state index contributed by atoms with van der Waals surface area (Å²) in [6.45, 7) is 5.58. The highest BCUT2D eigenvalue weighted by molar-refractivity contribution is 7.90. The molecule has 3 rings (SSSR count). The highest BCUT2D eigenvalue weighted by Crippen LogP contribution is 2.33. The normalized spacial score (nSPS) is 24.2. The fraction of sp³-hybridized carbons (Fsp3) is 0.500. The van der Waals surface area contributed by atoms with E-state index in [0.29, 0.717) is 13.0 Å². The zero-order valence-corrected chi connectivity index (χ0v) is 16.2. The van der Waals surface area contributed by atoms with Crippen molar-refractivity contribution in [1.82, 2.24) is 9.21 Å². The van der Waals surface area contributed by atoms with E-state index in [-0.39, 0.29) is 28.5 Å². The van der Waals surface area contributed by atoms with E-state index in [4.69, 9.17) is 0 Å². The van der Waals surface area contributed by atoms with Crippen molar-refractivity contribution in [3.05, 3.63) is 29.3 Å². The van der Waals surface area contributed by atoms with E-state index in [0.717, 1.165) is 4.31 Å². The van der Waals surface area contributed by atoms with Gasteiger partial charge < -0.3 is 10.0 Å². The molecule has 1 aromatic rings. The molecule has 2 amide bonds. The number of carboxylic acid groups (broad SMARTS) is 1. The molecule has 0 spiro atoms. The Morgan fingerprint density at radius 2 is 1.89 bits per heavy atom. The zero-order chi connectivity index (χ0) is 20.1. The van der Waals surface area contributed by atoms with Gasteiger partial charge in [-0.2, -0.15) is 0 Å². The second-order valence-corrected chi connectivity index (χ2v) is 9.28. The van der Waals surface area contributed by atoms with Crippen LogP contribution in [0.15, 0.2) is 23.1 Å². The Morgan fingerprint density at radius 1 is 1.22 bits per heavy atom. The van der Waals surface area contributed by atoms with Crippen molar-refractivity contribution in [1.29, 1.82) is 0 Å². The summed E-state index contributed by atoms with van der Waals surface area (Å²) < 4.78 is 26.2. The lowest BCUT2D eigenvalue weighted by Gasteiger charge is -2.34. The molecule has 2 atom stereocenters. The van der Waals surface area contributed by atoms with Crippen LogP contribution in [0.1, 0.15) is 47.9 Å². The molecule has 146 valence electrons. The van der Waals surface area contributed by atoms with E-state index in [1.165, 1.54) is 23.1 Å². The van der Waals surface area contributed by atoms with E-state index in [2.05, 4.69) is 0 Å². The number of rotatable bonds is 3. The second-order valence-electron chi connectivity index (χ2n) is 7.50. The topological polar surface area (TPSA) is 112 Å². The van der Waals surface area contributed by atoms with Crippen LogP contribution in [-0.2, 0) is 14.8 Å². The van der Waals surface area contributed by atoms with Crippen molar-refractivity contribution >= 4 is 27.8 Å². The van der Waals surface area contributed by atoms with E-state index in [1.54, 1.807) is 13.8 Å². The first-order chi connectivity index (χ1) is 12.5. The van der Waals surface area contributed by atoms with Gasteiger partial charge in [0.1, 0.15) is 4.90 Å². The lowest BCUT2D eigenvalue weighted by atomic mass is 9.90. The molecule has 0 aliphatic carbocycles. The molecule has 9 heteroatoms. The van der Waals surface area contributed by atoms with Crippen LogP contribution in [0.2, 0.25) is 0 Å². The van der Waals surface area contributed by atoms with Gasteiger partial charge in [0.15, 0.2) is 0 Å². The van der Waals surface area contributed by atoms with Crippen LogP contribution < -0.4 is 0 Å². The minimum atomic E-state index is -4.00. The predicted octanol–water partition coefficient (Wildman–Crippen LogP) is 1.42. The molecule has 0 saturated carbocycles. The maximum atomic E-state index is 12.9. The molecule has 0 bridgehead atoms. The Labute approximate surface area is 157 Å². The van der Waals surface area contributed by atoms with Gasteiger partial charge in [0.2, 0.25) is 0 Å². The highest BCUT2D eigenvalue weighted by Gasteiger charge is 2.43. The van der Waals surface area contributed by atoms with E-state index in [1.807, 2.05) is 6.92 Å². The maximum Gasteiger partial charge on any atom is 0.308 e. The van der Waals surface area contributed by atoms with E-state index >= 15 is 0 Å². The number of fused-ring (bicyclic) bond motifs is 1. The van der Waals surface area contributed by atoms with Gasteiger partial charge in [-0.3, -0.25) is 14.4 Å². The van der Waals surface area contributed by atoms with Crippen molar-refractivity contribution in [2.75, 3.05) is 13.1 Å². The second kappa shape index (κ2) is 6.63. The average Bonchev–Trinajstić information content (AvgIpc) is 2.79. The van der Waals surface area contributed by atoms with Crippen molar-refractivity contribution in [2.24, 2.45) is 11.8 Å². The molecule has 1 saturated heterocycles.